The Morgan fingerprint density at radius 3 is 1.53 bits per heavy atom. The van der Waals surface area contributed by atoms with E-state index in [0.29, 0.717) is 0 Å². The Bertz CT molecular complexity index is 1020. The molecular weight excluding hydrogens is 454 g/mol. The molecule has 0 spiro atoms. The van der Waals surface area contributed by atoms with Crippen molar-refractivity contribution in [2.24, 2.45) is 0 Å². The summed E-state index contributed by atoms with van der Waals surface area (Å²) < 4.78 is 23.6. The van der Waals surface area contributed by atoms with Gasteiger partial charge in [0.05, 0.1) is 27.9 Å². The zero-order chi connectivity index (χ0) is 25.0. The number of rotatable bonds is 8. The van der Waals surface area contributed by atoms with Crippen molar-refractivity contribution in [2.75, 3.05) is 0 Å². The van der Waals surface area contributed by atoms with Crippen LogP contribution in [0, 0.1) is 0 Å². The molecule has 3 atom stereocenters. The second-order valence-corrected chi connectivity index (χ2v) is 17.1. The quantitative estimate of drug-likeness (QED) is 0.406. The van der Waals surface area contributed by atoms with Gasteiger partial charge in [0.15, 0.2) is 0 Å². The first-order valence-electron chi connectivity index (χ1n) is 12.0. The van der Waals surface area contributed by atoms with Crippen molar-refractivity contribution in [3.05, 3.63) is 96.6 Å². The molecule has 0 saturated heterocycles. The van der Waals surface area contributed by atoms with Crippen LogP contribution in [0.5, 0.6) is 0 Å². The van der Waals surface area contributed by atoms with E-state index in [1.165, 1.54) is 10.4 Å². The minimum Gasteiger partial charge on any atom is -0.403 e. The molecule has 34 heavy (non-hydrogen) atoms. The van der Waals surface area contributed by atoms with Crippen molar-refractivity contribution in [1.82, 2.24) is 4.72 Å². The maximum Gasteiger partial charge on any atom is 0.261 e. The monoisotopic (exact) mass is 493 g/mol. The molecule has 0 radical (unpaired) electrons. The number of hydrogen-bond acceptors (Lipinski definition) is 2. The van der Waals surface area contributed by atoms with Crippen LogP contribution in [0.25, 0.3) is 0 Å². The van der Waals surface area contributed by atoms with E-state index in [1.54, 1.807) is 0 Å². The fourth-order valence-corrected chi connectivity index (χ4v) is 10.0. The molecule has 3 aromatic carbocycles. The van der Waals surface area contributed by atoms with Crippen LogP contribution < -0.4 is 15.1 Å². The molecule has 1 unspecified atom stereocenters. The molecule has 3 aromatic rings. The zero-order valence-electron chi connectivity index (χ0n) is 21.5. The predicted octanol–water partition coefficient (Wildman–Crippen LogP) is 5.74. The zero-order valence-corrected chi connectivity index (χ0v) is 23.4. The summed E-state index contributed by atoms with van der Waals surface area (Å²) in [6, 6.07) is 31.3. The third kappa shape index (κ3) is 5.77. The summed E-state index contributed by atoms with van der Waals surface area (Å²) in [5.74, 6) is 0. The molecule has 0 heterocycles. The molecule has 0 fully saturated rings. The van der Waals surface area contributed by atoms with Gasteiger partial charge in [-0.1, -0.05) is 112 Å². The highest BCUT2D eigenvalue weighted by Crippen LogP contribution is 2.39. The molecule has 0 aliphatic heterocycles. The van der Waals surface area contributed by atoms with Gasteiger partial charge in [-0.25, -0.2) is 8.93 Å². The average molecular weight is 494 g/mol. The van der Waals surface area contributed by atoms with Crippen molar-refractivity contribution in [3.8, 4) is 0 Å². The van der Waals surface area contributed by atoms with E-state index in [2.05, 4.69) is 105 Å². The summed E-state index contributed by atoms with van der Waals surface area (Å²) in [6.07, 6.45) is -0.222. The van der Waals surface area contributed by atoms with Gasteiger partial charge in [0.2, 0.25) is 0 Å². The predicted molar refractivity (Wildman–Crippen MR) is 148 cm³/mol. The van der Waals surface area contributed by atoms with Gasteiger partial charge >= 0.3 is 0 Å². The van der Waals surface area contributed by atoms with E-state index in [9.17, 15) is 4.21 Å². The lowest BCUT2D eigenvalue weighted by atomic mass is 10.0. The Kier molecular flexibility index (Phi) is 8.35. The molecule has 0 bridgehead atoms. The number of benzene rings is 3. The van der Waals surface area contributed by atoms with Crippen LogP contribution in [0.1, 0.15) is 60.1 Å². The lowest BCUT2D eigenvalue weighted by Crippen LogP contribution is -2.68. The second-order valence-electron chi connectivity index (χ2n) is 10.9. The Hall–Kier alpha value is -2.05. The van der Waals surface area contributed by atoms with Gasteiger partial charge in [0.1, 0.15) is 0 Å². The van der Waals surface area contributed by atoms with E-state index in [4.69, 9.17) is 4.43 Å². The molecule has 3 nitrogen and oxygen atoms in total. The molecule has 0 aromatic heterocycles. The van der Waals surface area contributed by atoms with Gasteiger partial charge in [-0.3, -0.25) is 0 Å². The lowest BCUT2D eigenvalue weighted by Gasteiger charge is -2.46. The second kappa shape index (κ2) is 10.7. The normalized spacial score (nSPS) is 15.5. The average Bonchev–Trinajstić information content (AvgIpc) is 2.81. The van der Waals surface area contributed by atoms with Gasteiger partial charge in [0, 0.05) is 0 Å². The Balaban J connectivity index is 2.14. The van der Waals surface area contributed by atoms with Gasteiger partial charge in [-0.15, -0.1) is 0 Å². The van der Waals surface area contributed by atoms with Crippen molar-refractivity contribution < 1.29 is 8.63 Å². The molecule has 182 valence electrons. The smallest absolute Gasteiger partial charge is 0.261 e. The summed E-state index contributed by atoms with van der Waals surface area (Å²) in [5.41, 5.74) is 1.07. The molecule has 0 amide bonds. The van der Waals surface area contributed by atoms with Gasteiger partial charge in [-0.05, 0) is 48.7 Å². The summed E-state index contributed by atoms with van der Waals surface area (Å²) in [4.78, 5) is 0. The summed E-state index contributed by atoms with van der Waals surface area (Å²) in [6.45, 7) is 14.9. The minimum absolute atomic E-state index is 0.131. The summed E-state index contributed by atoms with van der Waals surface area (Å²) in [5, 5.41) is 2.35. The fraction of sp³-hybridized carbons (Fsp3) is 0.379. The molecule has 0 saturated carbocycles. The maximum atomic E-state index is 13.2. The van der Waals surface area contributed by atoms with Crippen LogP contribution in [-0.2, 0) is 15.4 Å². The first kappa shape index (κ1) is 26.5. The minimum atomic E-state index is -2.74. The van der Waals surface area contributed by atoms with Crippen LogP contribution in [0.3, 0.4) is 0 Å². The number of nitrogens with one attached hydrogen (secondary N) is 1. The van der Waals surface area contributed by atoms with Gasteiger partial charge in [-0.2, -0.15) is 0 Å². The SMILES string of the molecule is C[C@H](O[Si](c1ccccc1)(c1ccccc1)C(C)(C)C)[C@H](NS(=O)C(C)(C)C)c1ccccc1. The number of hydrogen-bond donors (Lipinski definition) is 1. The highest BCUT2D eigenvalue weighted by Gasteiger charge is 2.51. The largest absolute Gasteiger partial charge is 0.403 e. The molecule has 1 N–H and O–H groups in total. The fourth-order valence-electron chi connectivity index (χ4n) is 4.43. The molecule has 0 aliphatic carbocycles. The standard InChI is InChI=1S/C29H39NO2SSi/c1-23(27(24-17-11-8-12-18-24)30-33(31)28(2,3)4)32-34(29(5,6)7,25-19-13-9-14-20-25)26-21-15-10-16-22-26/h8-23,27,30H,1-7H3/t23-,27-,33?/m0/s1. The van der Waals surface area contributed by atoms with Crippen molar-refractivity contribution in [3.63, 3.8) is 0 Å². The molecule has 5 heteroatoms. The third-order valence-electron chi connectivity index (χ3n) is 6.20. The highest BCUT2D eigenvalue weighted by molar-refractivity contribution is 7.84. The van der Waals surface area contributed by atoms with Crippen LogP contribution in [0.2, 0.25) is 5.04 Å². The van der Waals surface area contributed by atoms with E-state index in [1.807, 2.05) is 39.0 Å². The first-order chi connectivity index (χ1) is 16.0. The van der Waals surface area contributed by atoms with E-state index in [-0.39, 0.29) is 21.9 Å². The highest BCUT2D eigenvalue weighted by atomic mass is 32.2. The van der Waals surface area contributed by atoms with E-state index < -0.39 is 19.3 Å². The third-order valence-corrected chi connectivity index (χ3v) is 12.9. The van der Waals surface area contributed by atoms with Crippen molar-refractivity contribution in [2.45, 2.75) is 70.4 Å². The van der Waals surface area contributed by atoms with Gasteiger partial charge in [0.25, 0.3) is 8.32 Å². The Morgan fingerprint density at radius 2 is 1.15 bits per heavy atom. The Labute approximate surface area is 209 Å². The molecular formula is C29H39NO2SSi. The van der Waals surface area contributed by atoms with Crippen LogP contribution in [0.15, 0.2) is 91.0 Å². The van der Waals surface area contributed by atoms with Crippen molar-refractivity contribution >= 4 is 29.7 Å². The van der Waals surface area contributed by atoms with Crippen LogP contribution in [0.4, 0.5) is 0 Å². The topological polar surface area (TPSA) is 38.3 Å². The van der Waals surface area contributed by atoms with Crippen LogP contribution >= 0.6 is 0 Å². The Morgan fingerprint density at radius 1 is 0.735 bits per heavy atom. The van der Waals surface area contributed by atoms with Gasteiger partial charge < -0.3 is 4.43 Å². The summed E-state index contributed by atoms with van der Waals surface area (Å²) in [7, 11) is -3.99. The summed E-state index contributed by atoms with van der Waals surface area (Å²) >= 11 is 0. The van der Waals surface area contributed by atoms with Crippen molar-refractivity contribution in [1.29, 1.82) is 0 Å². The van der Waals surface area contributed by atoms with E-state index in [0.717, 1.165) is 5.56 Å². The molecule has 0 aliphatic rings. The van der Waals surface area contributed by atoms with E-state index >= 15 is 0 Å². The maximum absolute atomic E-state index is 13.2. The van der Waals surface area contributed by atoms with Crippen LogP contribution in [-0.4, -0.2) is 23.4 Å². The lowest BCUT2D eigenvalue weighted by molar-refractivity contribution is 0.170. The molecule has 3 rings (SSSR count). The first-order valence-corrected chi connectivity index (χ1v) is 15.0.